The summed E-state index contributed by atoms with van der Waals surface area (Å²) < 4.78 is 29.5. The van der Waals surface area contributed by atoms with Gasteiger partial charge in [-0.2, -0.15) is 0 Å². The number of carbonyl (C=O) groups is 1. The summed E-state index contributed by atoms with van der Waals surface area (Å²) in [7, 11) is -3.08. The Labute approximate surface area is 168 Å². The lowest BCUT2D eigenvalue weighted by Gasteiger charge is -2.28. The first-order valence-corrected chi connectivity index (χ1v) is 11.7. The molecule has 2 heterocycles. The van der Waals surface area contributed by atoms with Crippen molar-refractivity contribution in [3.8, 4) is 5.75 Å². The third-order valence-corrected chi connectivity index (χ3v) is 7.86. The third-order valence-electron chi connectivity index (χ3n) is 4.65. The van der Waals surface area contributed by atoms with Crippen molar-refractivity contribution in [1.29, 1.82) is 0 Å². The van der Waals surface area contributed by atoms with Crippen molar-refractivity contribution in [3.63, 3.8) is 0 Å². The maximum absolute atomic E-state index is 12.9. The molecule has 0 radical (unpaired) electrons. The van der Waals surface area contributed by atoms with Crippen LogP contribution in [0.3, 0.4) is 0 Å². The molecule has 1 aliphatic rings. The van der Waals surface area contributed by atoms with Gasteiger partial charge in [0, 0.05) is 15.9 Å². The lowest BCUT2D eigenvalue weighted by molar-refractivity contribution is -0.135. The molecule has 27 heavy (non-hydrogen) atoms. The topological polar surface area (TPSA) is 63.7 Å². The molecule has 1 fully saturated rings. The van der Waals surface area contributed by atoms with E-state index in [-0.39, 0.29) is 30.1 Å². The quantitative estimate of drug-likeness (QED) is 0.706. The average molecular weight is 428 g/mol. The average Bonchev–Trinajstić information content (AvgIpc) is 3.24. The second-order valence-corrected chi connectivity index (χ2v) is 10.5. The highest BCUT2D eigenvalue weighted by atomic mass is 35.5. The second-order valence-electron chi connectivity index (χ2n) is 6.82. The van der Waals surface area contributed by atoms with Crippen LogP contribution < -0.4 is 4.74 Å². The molecule has 2 aromatic rings. The molecule has 8 heteroatoms. The van der Waals surface area contributed by atoms with Gasteiger partial charge >= 0.3 is 0 Å². The summed E-state index contributed by atoms with van der Waals surface area (Å²) in [5.41, 5.74) is 1.77. The van der Waals surface area contributed by atoms with Crippen LogP contribution in [0.15, 0.2) is 29.6 Å². The predicted molar refractivity (Wildman–Crippen MR) is 108 cm³/mol. The molecule has 1 atom stereocenters. The van der Waals surface area contributed by atoms with E-state index >= 15 is 0 Å². The fourth-order valence-electron chi connectivity index (χ4n) is 3.23. The van der Waals surface area contributed by atoms with E-state index in [0.29, 0.717) is 23.7 Å². The smallest absolute Gasteiger partial charge is 0.261 e. The molecule has 0 N–H and O–H groups in total. The number of carbonyl (C=O) groups excluding carboxylic acids is 1. The standard InChI is InChI=1S/C19H22ClNO4S2/c1-13-8-16(9-14(2)19(13)20)25-11-18(22)21(10-17-4-3-6-26-17)15-5-7-27(23,24)12-15/h3-4,6,8-9,15H,5,7,10-12H2,1-2H3/t15-/m1/s1. The van der Waals surface area contributed by atoms with Gasteiger partial charge in [-0.3, -0.25) is 4.79 Å². The highest BCUT2D eigenvalue weighted by molar-refractivity contribution is 7.91. The first-order valence-electron chi connectivity index (χ1n) is 8.67. The van der Waals surface area contributed by atoms with Crippen molar-refractivity contribution in [2.24, 2.45) is 0 Å². The second kappa shape index (κ2) is 8.20. The minimum atomic E-state index is -3.08. The number of rotatable bonds is 6. The summed E-state index contributed by atoms with van der Waals surface area (Å²) in [6.45, 7) is 4.04. The van der Waals surface area contributed by atoms with Crippen LogP contribution in [-0.4, -0.2) is 43.4 Å². The molecule has 0 unspecified atom stereocenters. The zero-order valence-electron chi connectivity index (χ0n) is 15.3. The Bertz CT molecular complexity index is 902. The Morgan fingerprint density at radius 1 is 1.33 bits per heavy atom. The van der Waals surface area contributed by atoms with Gasteiger partial charge in [0.1, 0.15) is 5.75 Å². The number of aryl methyl sites for hydroxylation is 2. The highest BCUT2D eigenvalue weighted by Crippen LogP contribution is 2.26. The van der Waals surface area contributed by atoms with Crippen molar-refractivity contribution in [2.75, 3.05) is 18.1 Å². The zero-order chi connectivity index (χ0) is 19.6. The first kappa shape index (κ1) is 20.2. The molecule has 1 aromatic carbocycles. The van der Waals surface area contributed by atoms with Crippen LogP contribution in [0.2, 0.25) is 5.02 Å². The largest absolute Gasteiger partial charge is 0.484 e. The van der Waals surface area contributed by atoms with Crippen molar-refractivity contribution < 1.29 is 17.9 Å². The van der Waals surface area contributed by atoms with E-state index in [1.807, 2.05) is 31.4 Å². The molecule has 0 aliphatic carbocycles. The van der Waals surface area contributed by atoms with E-state index in [1.54, 1.807) is 28.4 Å². The molecule has 0 spiro atoms. The monoisotopic (exact) mass is 427 g/mol. The van der Waals surface area contributed by atoms with Gasteiger partial charge in [0.05, 0.1) is 18.1 Å². The van der Waals surface area contributed by atoms with Gasteiger partial charge in [-0.25, -0.2) is 8.42 Å². The van der Waals surface area contributed by atoms with Gasteiger partial charge in [-0.05, 0) is 55.0 Å². The molecular formula is C19H22ClNO4S2. The molecular weight excluding hydrogens is 406 g/mol. The number of ether oxygens (including phenoxy) is 1. The van der Waals surface area contributed by atoms with Gasteiger partial charge in [-0.1, -0.05) is 17.7 Å². The van der Waals surface area contributed by atoms with Gasteiger partial charge in [0.25, 0.3) is 5.91 Å². The lowest BCUT2D eigenvalue weighted by atomic mass is 10.1. The van der Waals surface area contributed by atoms with E-state index in [4.69, 9.17) is 16.3 Å². The van der Waals surface area contributed by atoms with E-state index in [1.165, 1.54) is 0 Å². The molecule has 5 nitrogen and oxygen atoms in total. The van der Waals surface area contributed by atoms with Crippen molar-refractivity contribution in [1.82, 2.24) is 4.90 Å². The molecule has 3 rings (SSSR count). The van der Waals surface area contributed by atoms with E-state index in [9.17, 15) is 13.2 Å². The van der Waals surface area contributed by atoms with Gasteiger partial charge < -0.3 is 9.64 Å². The summed E-state index contributed by atoms with van der Waals surface area (Å²) in [6.07, 6.45) is 0.471. The number of amides is 1. The minimum absolute atomic E-state index is 0.0171. The van der Waals surface area contributed by atoms with Crippen LogP contribution in [-0.2, 0) is 21.2 Å². The number of nitrogens with zero attached hydrogens (tertiary/aromatic N) is 1. The van der Waals surface area contributed by atoms with Crippen molar-refractivity contribution in [3.05, 3.63) is 50.7 Å². The minimum Gasteiger partial charge on any atom is -0.484 e. The normalized spacial score (nSPS) is 18.4. The summed E-state index contributed by atoms with van der Waals surface area (Å²) in [4.78, 5) is 15.5. The Morgan fingerprint density at radius 3 is 2.59 bits per heavy atom. The van der Waals surface area contributed by atoms with Crippen molar-refractivity contribution >= 4 is 38.7 Å². The Morgan fingerprint density at radius 2 is 2.04 bits per heavy atom. The van der Waals surface area contributed by atoms with E-state index < -0.39 is 9.84 Å². The molecule has 0 bridgehead atoms. The first-order chi connectivity index (χ1) is 12.7. The molecule has 1 aliphatic heterocycles. The molecule has 146 valence electrons. The van der Waals surface area contributed by atoms with Crippen LogP contribution >= 0.6 is 22.9 Å². The Kier molecular flexibility index (Phi) is 6.13. The lowest BCUT2D eigenvalue weighted by Crippen LogP contribution is -2.42. The number of sulfone groups is 1. The Hall–Kier alpha value is -1.57. The van der Waals surface area contributed by atoms with E-state index in [2.05, 4.69) is 0 Å². The maximum atomic E-state index is 12.9. The summed E-state index contributed by atoms with van der Waals surface area (Å²) in [5, 5.41) is 2.63. The highest BCUT2D eigenvalue weighted by Gasteiger charge is 2.35. The molecule has 1 amide bonds. The third kappa shape index (κ3) is 5.03. The predicted octanol–water partition coefficient (Wildman–Crippen LogP) is 3.61. The summed E-state index contributed by atoms with van der Waals surface area (Å²) >= 11 is 7.72. The van der Waals surface area contributed by atoms with Crippen LogP contribution in [0.25, 0.3) is 0 Å². The van der Waals surface area contributed by atoms with Crippen LogP contribution in [0.5, 0.6) is 5.75 Å². The molecule has 0 saturated carbocycles. The van der Waals surface area contributed by atoms with E-state index in [0.717, 1.165) is 16.0 Å². The van der Waals surface area contributed by atoms with Gasteiger partial charge in [-0.15, -0.1) is 11.3 Å². The zero-order valence-corrected chi connectivity index (χ0v) is 17.7. The fraction of sp³-hybridized carbons (Fsp3) is 0.421. The Balaban J connectivity index is 1.72. The number of benzene rings is 1. The van der Waals surface area contributed by atoms with Gasteiger partial charge in [0.15, 0.2) is 16.4 Å². The maximum Gasteiger partial charge on any atom is 0.261 e. The van der Waals surface area contributed by atoms with Crippen LogP contribution in [0, 0.1) is 13.8 Å². The SMILES string of the molecule is Cc1cc(OCC(=O)N(Cc2cccs2)[C@@H]2CCS(=O)(=O)C2)cc(C)c1Cl. The fourth-order valence-corrected chi connectivity index (χ4v) is 5.77. The summed E-state index contributed by atoms with van der Waals surface area (Å²) in [6, 6.07) is 7.16. The number of hydrogen-bond acceptors (Lipinski definition) is 5. The molecule has 1 aromatic heterocycles. The number of hydrogen-bond donors (Lipinski definition) is 0. The van der Waals surface area contributed by atoms with Crippen molar-refractivity contribution in [2.45, 2.75) is 32.9 Å². The number of thiophene rings is 1. The molecule has 1 saturated heterocycles. The van der Waals surface area contributed by atoms with Crippen LogP contribution in [0.1, 0.15) is 22.4 Å². The van der Waals surface area contributed by atoms with Crippen LogP contribution in [0.4, 0.5) is 0 Å². The number of halogens is 1. The summed E-state index contributed by atoms with van der Waals surface area (Å²) in [5.74, 6) is 0.514. The van der Waals surface area contributed by atoms with Gasteiger partial charge in [0.2, 0.25) is 0 Å².